The van der Waals surface area contributed by atoms with Gasteiger partial charge in [0, 0.05) is 23.0 Å². The van der Waals surface area contributed by atoms with Crippen molar-refractivity contribution in [3.63, 3.8) is 0 Å². The molecule has 2 aromatic carbocycles. The van der Waals surface area contributed by atoms with Crippen LogP contribution < -0.4 is 0 Å². The van der Waals surface area contributed by atoms with E-state index in [4.69, 9.17) is 23.2 Å². The van der Waals surface area contributed by atoms with Crippen LogP contribution in [0.15, 0.2) is 47.5 Å². The minimum atomic E-state index is -3.23. The number of hydrogen-bond donors (Lipinski definition) is 0. The Balaban J connectivity index is 1.91. The Morgan fingerprint density at radius 2 is 1.92 bits per heavy atom. The average molecular weight is 397 g/mol. The van der Waals surface area contributed by atoms with Gasteiger partial charge in [-0.3, -0.25) is 4.40 Å². The van der Waals surface area contributed by atoms with Crippen molar-refractivity contribution in [2.45, 2.75) is 4.90 Å². The van der Waals surface area contributed by atoms with Crippen molar-refractivity contribution < 1.29 is 8.42 Å². The molecule has 0 unspecified atom stereocenters. The van der Waals surface area contributed by atoms with Gasteiger partial charge in [0.25, 0.3) is 0 Å². The van der Waals surface area contributed by atoms with Crippen LogP contribution in [-0.4, -0.2) is 24.1 Å². The predicted octanol–water partition coefficient (Wildman–Crippen LogP) is 4.93. The van der Waals surface area contributed by atoms with Gasteiger partial charge < -0.3 is 0 Å². The fourth-order valence-electron chi connectivity index (χ4n) is 2.54. The summed E-state index contributed by atoms with van der Waals surface area (Å²) in [6.07, 6.45) is 3.09. The SMILES string of the molecule is CS(=O)(=O)c1ccc2c(c1)sc1nc(-c3ccc(Cl)cc3Cl)cn12. The maximum atomic E-state index is 11.7. The summed E-state index contributed by atoms with van der Waals surface area (Å²) in [5.74, 6) is 0. The lowest BCUT2D eigenvalue weighted by Gasteiger charge is -2.01. The molecule has 122 valence electrons. The van der Waals surface area contributed by atoms with Crippen LogP contribution >= 0.6 is 34.5 Å². The van der Waals surface area contributed by atoms with Crippen LogP contribution in [0.4, 0.5) is 0 Å². The van der Waals surface area contributed by atoms with Gasteiger partial charge in [0.1, 0.15) is 0 Å². The van der Waals surface area contributed by atoms with E-state index >= 15 is 0 Å². The molecule has 0 fully saturated rings. The van der Waals surface area contributed by atoms with Crippen molar-refractivity contribution in [2.24, 2.45) is 0 Å². The largest absolute Gasteiger partial charge is 0.290 e. The molecule has 8 heteroatoms. The Bertz CT molecular complexity index is 1210. The first kappa shape index (κ1) is 15.9. The highest BCUT2D eigenvalue weighted by Gasteiger charge is 2.15. The molecule has 0 spiro atoms. The predicted molar refractivity (Wildman–Crippen MR) is 99.1 cm³/mol. The zero-order valence-electron chi connectivity index (χ0n) is 12.3. The molecular weight excluding hydrogens is 387 g/mol. The van der Waals surface area contributed by atoms with E-state index in [1.54, 1.807) is 30.3 Å². The molecule has 0 aliphatic rings. The topological polar surface area (TPSA) is 51.4 Å². The summed E-state index contributed by atoms with van der Waals surface area (Å²) in [5, 5.41) is 1.11. The fourth-order valence-corrected chi connectivity index (χ4v) is 4.81. The summed E-state index contributed by atoms with van der Waals surface area (Å²) < 4.78 is 26.2. The molecule has 0 aliphatic carbocycles. The van der Waals surface area contributed by atoms with Gasteiger partial charge in [-0.1, -0.05) is 34.5 Å². The van der Waals surface area contributed by atoms with Crippen LogP contribution in [0.3, 0.4) is 0 Å². The van der Waals surface area contributed by atoms with Crippen molar-refractivity contribution in [3.05, 3.63) is 52.6 Å². The number of benzene rings is 2. The van der Waals surface area contributed by atoms with Crippen molar-refractivity contribution in [1.82, 2.24) is 9.38 Å². The van der Waals surface area contributed by atoms with Gasteiger partial charge in [-0.25, -0.2) is 13.4 Å². The van der Waals surface area contributed by atoms with Crippen LogP contribution in [0.2, 0.25) is 10.0 Å². The van der Waals surface area contributed by atoms with Gasteiger partial charge in [0.2, 0.25) is 0 Å². The zero-order chi connectivity index (χ0) is 17.1. The Kier molecular flexibility index (Phi) is 3.61. The minimum absolute atomic E-state index is 0.306. The molecule has 4 nitrogen and oxygen atoms in total. The Morgan fingerprint density at radius 3 is 2.62 bits per heavy atom. The van der Waals surface area contributed by atoms with Gasteiger partial charge in [-0.15, -0.1) is 0 Å². The van der Waals surface area contributed by atoms with E-state index in [0.717, 1.165) is 26.4 Å². The molecule has 0 radical (unpaired) electrons. The molecular formula is C16H10Cl2N2O2S2. The monoisotopic (exact) mass is 396 g/mol. The van der Waals surface area contributed by atoms with Crippen LogP contribution in [0, 0.1) is 0 Å². The number of rotatable bonds is 2. The number of thiazole rings is 1. The number of imidazole rings is 1. The van der Waals surface area contributed by atoms with E-state index in [0.29, 0.717) is 14.9 Å². The summed E-state index contributed by atoms with van der Waals surface area (Å²) in [4.78, 5) is 5.69. The maximum Gasteiger partial charge on any atom is 0.195 e. The third-order valence-corrected chi connectivity index (χ3v) is 6.38. The first-order chi connectivity index (χ1) is 11.3. The van der Waals surface area contributed by atoms with Crippen molar-refractivity contribution >= 4 is 59.6 Å². The molecule has 0 atom stereocenters. The Morgan fingerprint density at radius 1 is 1.12 bits per heavy atom. The van der Waals surface area contributed by atoms with Gasteiger partial charge in [-0.05, 0) is 36.4 Å². The van der Waals surface area contributed by atoms with Crippen LogP contribution in [0.1, 0.15) is 0 Å². The number of hydrogen-bond acceptors (Lipinski definition) is 4. The molecule has 24 heavy (non-hydrogen) atoms. The Hall–Kier alpha value is -1.60. The maximum absolute atomic E-state index is 11.7. The summed E-state index contributed by atoms with van der Waals surface area (Å²) in [5.41, 5.74) is 2.46. The molecule has 0 aliphatic heterocycles. The van der Waals surface area contributed by atoms with Crippen molar-refractivity contribution in [3.8, 4) is 11.3 Å². The molecule has 4 aromatic rings. The summed E-state index contributed by atoms with van der Waals surface area (Å²) in [7, 11) is -3.23. The lowest BCUT2D eigenvalue weighted by atomic mass is 10.2. The van der Waals surface area contributed by atoms with Gasteiger partial charge in [0.05, 0.1) is 25.8 Å². The summed E-state index contributed by atoms with van der Waals surface area (Å²) >= 11 is 13.6. The van der Waals surface area contributed by atoms with E-state index in [-0.39, 0.29) is 0 Å². The molecule has 0 bridgehead atoms. The second-order valence-corrected chi connectivity index (χ2v) is 9.28. The third-order valence-electron chi connectivity index (χ3n) is 3.70. The van der Waals surface area contributed by atoms with E-state index < -0.39 is 9.84 Å². The molecule has 2 heterocycles. The number of nitrogens with zero attached hydrogens (tertiary/aromatic N) is 2. The van der Waals surface area contributed by atoms with Crippen LogP contribution in [-0.2, 0) is 9.84 Å². The van der Waals surface area contributed by atoms with E-state index in [2.05, 4.69) is 4.98 Å². The van der Waals surface area contributed by atoms with Gasteiger partial charge >= 0.3 is 0 Å². The normalized spacial score (nSPS) is 12.3. The lowest BCUT2D eigenvalue weighted by Crippen LogP contribution is -1.96. The molecule has 0 amide bonds. The highest BCUT2D eigenvalue weighted by atomic mass is 35.5. The van der Waals surface area contributed by atoms with E-state index in [9.17, 15) is 8.42 Å². The number of halogens is 2. The average Bonchev–Trinajstić information content (AvgIpc) is 3.03. The minimum Gasteiger partial charge on any atom is -0.290 e. The van der Waals surface area contributed by atoms with Gasteiger partial charge in [-0.2, -0.15) is 0 Å². The van der Waals surface area contributed by atoms with Crippen molar-refractivity contribution in [1.29, 1.82) is 0 Å². The molecule has 2 aromatic heterocycles. The molecule has 0 saturated heterocycles. The van der Waals surface area contributed by atoms with E-state index in [1.165, 1.54) is 17.6 Å². The quantitative estimate of drug-likeness (QED) is 0.482. The smallest absolute Gasteiger partial charge is 0.195 e. The van der Waals surface area contributed by atoms with E-state index in [1.807, 2.05) is 16.7 Å². The summed E-state index contributed by atoms with van der Waals surface area (Å²) in [6.45, 7) is 0. The van der Waals surface area contributed by atoms with Crippen LogP contribution in [0.25, 0.3) is 26.4 Å². The molecule has 0 saturated carbocycles. The highest BCUT2D eigenvalue weighted by molar-refractivity contribution is 7.90. The zero-order valence-corrected chi connectivity index (χ0v) is 15.5. The highest BCUT2D eigenvalue weighted by Crippen LogP contribution is 2.34. The third kappa shape index (κ3) is 2.59. The fraction of sp³-hybridized carbons (Fsp3) is 0.0625. The lowest BCUT2D eigenvalue weighted by molar-refractivity contribution is 0.602. The van der Waals surface area contributed by atoms with Crippen LogP contribution in [0.5, 0.6) is 0 Å². The van der Waals surface area contributed by atoms with Crippen molar-refractivity contribution in [2.75, 3.05) is 6.26 Å². The number of aromatic nitrogens is 2. The van der Waals surface area contributed by atoms with Gasteiger partial charge in [0.15, 0.2) is 14.8 Å². The number of sulfone groups is 1. The molecule has 4 rings (SSSR count). The second-order valence-electron chi connectivity index (χ2n) is 5.41. The Labute approximate surface area is 152 Å². The second kappa shape index (κ2) is 5.46. The standard InChI is InChI=1S/C16H10Cl2N2O2S2/c1-24(21,22)10-3-5-14-15(7-10)23-16-19-13(8-20(14)16)11-4-2-9(17)6-12(11)18/h2-8H,1H3. The number of fused-ring (bicyclic) bond motifs is 3. The first-order valence-corrected chi connectivity index (χ1v) is 10.4. The first-order valence-electron chi connectivity index (χ1n) is 6.90. The molecule has 0 N–H and O–H groups in total. The summed E-state index contributed by atoms with van der Waals surface area (Å²) in [6, 6.07) is 10.4.